The molecule has 0 bridgehead atoms. The van der Waals surface area contributed by atoms with Gasteiger partial charge in [0.25, 0.3) is 6.47 Å². The highest BCUT2D eigenvalue weighted by atomic mass is 79.9. The van der Waals surface area contributed by atoms with Crippen LogP contribution in [0, 0.1) is 53.7 Å². The average molecular weight is 2270 g/mol. The molecule has 17 aromatic rings. The van der Waals surface area contributed by atoms with E-state index in [4.69, 9.17) is 41.1 Å². The molecule has 0 aliphatic rings. The number of primary amides is 1. The molecule has 14 aromatic carbocycles. The van der Waals surface area contributed by atoms with Gasteiger partial charge in [0.2, 0.25) is 23.7 Å². The summed E-state index contributed by atoms with van der Waals surface area (Å²) >= 11 is 39.1. The molecule has 17 rings (SSSR count). The third-order valence-corrected chi connectivity index (χ3v) is 24.1. The summed E-state index contributed by atoms with van der Waals surface area (Å²) in [5.41, 5.74) is 22.6. The third kappa shape index (κ3) is 23.0. The van der Waals surface area contributed by atoms with Gasteiger partial charge < -0.3 is 44.6 Å². The maximum absolute atomic E-state index is 10.9. The van der Waals surface area contributed by atoms with E-state index in [1.165, 1.54) is 50.5 Å². The zero-order valence-electron chi connectivity index (χ0n) is 64.8. The molecule has 20 nitrogen and oxygen atoms in total. The number of nitriles is 3. The van der Waals surface area contributed by atoms with Gasteiger partial charge in [0.15, 0.2) is 5.69 Å². The second-order valence-corrected chi connectivity index (χ2v) is 39.9. The van der Waals surface area contributed by atoms with Gasteiger partial charge in [-0.2, -0.15) is 15.8 Å². The Balaban J connectivity index is 0.000000164. The van der Waals surface area contributed by atoms with Crippen LogP contribution in [0.1, 0.15) is 37.4 Å². The molecule has 0 saturated heterocycles. The van der Waals surface area contributed by atoms with E-state index < -0.39 is 24.2 Å². The number of carbonyl (C=O) groups excluding carboxylic acids is 3. The fourth-order valence-electron chi connectivity index (χ4n) is 13.5. The van der Waals surface area contributed by atoms with Crippen LogP contribution in [0.25, 0.3) is 119 Å². The molecule has 0 aliphatic heterocycles. The van der Waals surface area contributed by atoms with Crippen LogP contribution >= 0.6 is 166 Å². The van der Waals surface area contributed by atoms with Crippen LogP contribution in [0.15, 0.2) is 315 Å². The fraction of sp³-hybridized carbons (Fsp3) is 0. The molecule has 3 heterocycles. The highest BCUT2D eigenvalue weighted by Crippen LogP contribution is 2.61. The van der Waals surface area contributed by atoms with E-state index in [1.807, 2.05) is 91.0 Å². The van der Waals surface area contributed by atoms with Gasteiger partial charge in [-0.1, -0.05) is 209 Å². The molecule has 0 saturated carbocycles. The Morgan fingerprint density at radius 3 is 1.14 bits per heavy atom. The number of carboxylic acids is 1. The van der Waals surface area contributed by atoms with Gasteiger partial charge in [-0.15, -0.1) is 0 Å². The molecule has 0 fully saturated rings. The van der Waals surface area contributed by atoms with Crippen molar-refractivity contribution in [2.45, 2.75) is 0 Å². The number of halogens is 11. The number of hydrogen-bond donors (Lipinski definition) is 5. The van der Waals surface area contributed by atoms with Crippen molar-refractivity contribution >= 4 is 292 Å². The number of carboxylic acid groups (broad SMARTS) is 1. The molecule has 6 N–H and O–H groups in total. The summed E-state index contributed by atoms with van der Waals surface area (Å²) in [7, 11) is -1.46. The Bertz CT molecular complexity index is 6940. The number of para-hydroxylation sites is 6. The van der Waals surface area contributed by atoms with E-state index in [1.54, 1.807) is 36.4 Å². The van der Waals surface area contributed by atoms with Crippen LogP contribution in [0.2, 0.25) is 0 Å². The first-order chi connectivity index (χ1) is 61.0. The average Bonchev–Trinajstić information content (AvgIpc) is 1.61. The first-order valence-corrected chi connectivity index (χ1v) is 47.4. The molecule has 3 aromatic heterocycles. The van der Waals surface area contributed by atoms with Crippen LogP contribution in [-0.4, -0.2) is 60.7 Å². The van der Waals surface area contributed by atoms with Gasteiger partial charge in [0.05, 0.1) is 96.9 Å². The summed E-state index contributed by atoms with van der Waals surface area (Å²) in [5.74, 6) is -1.33. The number of fused-ring (bicyclic) bond motifs is 9. The van der Waals surface area contributed by atoms with Gasteiger partial charge in [0.1, 0.15) is 17.9 Å². The number of anilines is 1. The molecule has 127 heavy (non-hydrogen) atoms. The van der Waals surface area contributed by atoms with Crippen molar-refractivity contribution in [3.05, 3.63) is 377 Å². The van der Waals surface area contributed by atoms with E-state index in [2.05, 4.69) is 351 Å². The maximum atomic E-state index is 10.9. The number of aromatic nitrogens is 3. The standard InChI is InChI=1S/C44H26N4.C18H14BNO2.C8H6Br2N2O2.2C8H2Br2N2.C8H4Br2O4.Cl3OP/c1-46-40-27-38(29-12-10-14-32(24-29)47-41-20-6-2-16-34(41)35-17-3-7-21-42(35)47)31(28-45)26-39(40)30-13-11-15-33(25-30)48-43-22-8-4-18-36(43)37-19-5-9-23-44(37)48;21-19(22)13-6-5-7-14(12-13)20-17-10-3-1-8-15(17)16-9-2-4-11-18(16)20;9-5-2-7(12-3-13)6(10)1-4(5)8(11)14;2*1-12-8-3-6(9)5(4-11)2-7(8)10;9-5-2-7(14-3-11)6(10)1-4(5)8(12)13;1-5(2,3)4/h2-27H;1-12,21-22H;1-3H,(H2,11,14)(H,12,13);2*2-3H;1-3H,(H,12,13);. The third-order valence-electron chi connectivity index (χ3n) is 18.9. The molecule has 624 valence electrons. The molecule has 0 radical (unpaired) electrons. The topological polar surface area (TPSA) is 293 Å². The van der Waals surface area contributed by atoms with Gasteiger partial charge in [-0.25, -0.2) is 19.3 Å². The second kappa shape index (κ2) is 44.1. The van der Waals surface area contributed by atoms with Gasteiger partial charge in [-0.3, -0.25) is 18.9 Å². The second-order valence-electron chi connectivity index (χ2n) is 26.4. The Labute approximate surface area is 807 Å². The lowest BCUT2D eigenvalue weighted by Gasteiger charge is -2.14. The lowest BCUT2D eigenvalue weighted by atomic mass is 9.80. The number of benzene rings is 14. The van der Waals surface area contributed by atoms with Crippen molar-refractivity contribution in [3.8, 4) is 63.3 Å². The smallest absolute Gasteiger partial charge is 0.478 e. The van der Waals surface area contributed by atoms with Gasteiger partial charge >= 0.3 is 18.3 Å². The number of nitrogens with zero attached hydrogens (tertiary/aromatic N) is 9. The summed E-state index contributed by atoms with van der Waals surface area (Å²) in [6, 6.07) is 96.6. The summed E-state index contributed by atoms with van der Waals surface area (Å²) in [6.45, 7) is 22.1. The number of carbonyl (C=O) groups is 4. The van der Waals surface area contributed by atoms with Crippen molar-refractivity contribution in [2.24, 2.45) is 5.73 Å². The van der Waals surface area contributed by atoms with Crippen molar-refractivity contribution < 1.29 is 43.6 Å². The predicted molar refractivity (Wildman–Crippen MR) is 534 cm³/mol. The number of ether oxygens (including phenoxy) is 1. The first-order valence-electron chi connectivity index (χ1n) is 36.6. The summed E-state index contributed by atoms with van der Waals surface area (Å²) in [5, 5.41) is 61.7. The molecule has 0 aliphatic carbocycles. The van der Waals surface area contributed by atoms with E-state index in [9.17, 15) is 39.1 Å². The van der Waals surface area contributed by atoms with Crippen molar-refractivity contribution in [1.29, 1.82) is 15.8 Å². The van der Waals surface area contributed by atoms with Crippen LogP contribution in [-0.2, 0) is 14.2 Å². The Morgan fingerprint density at radius 2 is 0.787 bits per heavy atom. The molecule has 0 atom stereocenters. The number of nitrogens with one attached hydrogen (secondary N) is 1. The highest BCUT2D eigenvalue weighted by Gasteiger charge is 2.22. The quantitative estimate of drug-likeness (QED) is 0.0330. The molecule has 33 heteroatoms. The molecule has 0 spiro atoms. The van der Waals surface area contributed by atoms with E-state index >= 15 is 0 Å². The van der Waals surface area contributed by atoms with Gasteiger partial charge in [0, 0.05) is 80.7 Å². The van der Waals surface area contributed by atoms with Crippen LogP contribution in [0.3, 0.4) is 0 Å². The molecule has 0 unspecified atom stereocenters. The molecular weight excluding hydrogens is 2210 g/mol. The lowest BCUT2D eigenvalue weighted by Crippen LogP contribution is -2.29. The highest BCUT2D eigenvalue weighted by molar-refractivity contribution is 9.12. The number of rotatable bonds is 12. The number of hydrogen-bond acceptors (Lipinski definition) is 11. The normalized spacial score (nSPS) is 10.4. The SMILES string of the molecule is NC(=O)c1cc(Br)c(NC=O)cc1Br.O=COc1cc(Br)c(C(=O)O)cc1Br.O=P(Cl)(Cl)Cl.OB(O)c1cccc(-n2c3ccccc3c3ccccc32)c1.[C-]#[N+]c1cc(-c2cccc(-n3c4ccccc4c4ccccc43)c2)c(C#N)cc1-c1cccc(-n2c3ccccc3c3ccccc32)c1.[C-]#[N+]c1cc(Br)c(C#N)cc1Br.[C-]#[N+]c1cc(Br)c(C#N)cc1Br. The van der Waals surface area contributed by atoms with Crippen molar-refractivity contribution in [1.82, 2.24) is 13.7 Å². The summed E-state index contributed by atoms with van der Waals surface area (Å²) in [4.78, 5) is 52.4. The number of amides is 2. The lowest BCUT2D eigenvalue weighted by molar-refractivity contribution is -0.120. The Hall–Kier alpha value is -11.8. The minimum atomic E-state index is -3.22. The first kappa shape index (κ1) is 95.9. The number of aromatic carboxylic acids is 1. The number of nitrogens with two attached hydrogens (primary N) is 1. The minimum Gasteiger partial charge on any atom is -0.478 e. The fourth-order valence-corrected chi connectivity index (χ4v) is 17.1. The minimum absolute atomic E-state index is 0.0927. The largest absolute Gasteiger partial charge is 0.488 e. The van der Waals surface area contributed by atoms with Crippen LogP contribution in [0.4, 0.5) is 22.7 Å². The van der Waals surface area contributed by atoms with E-state index in [-0.39, 0.29) is 17.8 Å². The zero-order chi connectivity index (χ0) is 91.5. The maximum Gasteiger partial charge on any atom is 0.488 e. The van der Waals surface area contributed by atoms with E-state index in [0.29, 0.717) is 92.7 Å². The predicted octanol–water partition coefficient (Wildman–Crippen LogP) is 28.5. The van der Waals surface area contributed by atoms with Crippen molar-refractivity contribution in [3.63, 3.8) is 0 Å². The van der Waals surface area contributed by atoms with Crippen LogP contribution in [0.5, 0.6) is 5.75 Å². The zero-order valence-corrected chi connectivity index (χ0v) is 80.6. The summed E-state index contributed by atoms with van der Waals surface area (Å²) in [6.07, 6.45) is 0.552. The Morgan fingerprint density at radius 1 is 0.425 bits per heavy atom. The summed E-state index contributed by atoms with van der Waals surface area (Å²) < 4.78 is 25.3. The molecular formula is C94H54BBr8Cl3N11O9P. The Kier molecular flexibility index (Phi) is 33.3. The van der Waals surface area contributed by atoms with Crippen LogP contribution < -0.4 is 21.3 Å². The van der Waals surface area contributed by atoms with E-state index in [0.717, 1.165) is 72.4 Å². The molecule has 2 amide bonds. The van der Waals surface area contributed by atoms with Crippen molar-refractivity contribution in [2.75, 3.05) is 5.32 Å². The van der Waals surface area contributed by atoms with Gasteiger partial charge in [-0.05, 0) is 259 Å². The monoisotopic (exact) mass is 2260 g/mol.